The number of anilines is 2. The quantitative estimate of drug-likeness (QED) is 0.342. The number of hydrogen-bond acceptors (Lipinski definition) is 7. The van der Waals surface area contributed by atoms with E-state index in [1.54, 1.807) is 30.3 Å². The van der Waals surface area contributed by atoms with Crippen molar-refractivity contribution in [3.63, 3.8) is 0 Å². The fourth-order valence-corrected chi connectivity index (χ4v) is 3.74. The van der Waals surface area contributed by atoms with Crippen molar-refractivity contribution in [1.29, 1.82) is 5.41 Å². The van der Waals surface area contributed by atoms with Gasteiger partial charge in [0.15, 0.2) is 9.79 Å². The van der Waals surface area contributed by atoms with E-state index >= 15 is 0 Å². The van der Waals surface area contributed by atoms with Crippen molar-refractivity contribution in [2.24, 2.45) is 0 Å². The Morgan fingerprint density at radius 2 is 1.75 bits per heavy atom. The van der Waals surface area contributed by atoms with Gasteiger partial charge in [0.1, 0.15) is 0 Å². The summed E-state index contributed by atoms with van der Waals surface area (Å²) < 4.78 is 22.2. The average Bonchev–Trinajstić information content (AvgIpc) is 2.80. The minimum Gasteiger partial charge on any atom is -0.606 e. The third kappa shape index (κ3) is 6.22. The summed E-state index contributed by atoms with van der Waals surface area (Å²) in [7, 11) is 2.21. The van der Waals surface area contributed by atoms with E-state index < -0.39 is 29.3 Å². The second-order valence-corrected chi connectivity index (χ2v) is 7.81. The molecule has 0 bridgehead atoms. The molecule has 1 atom stereocenters. The second-order valence-electron chi connectivity index (χ2n) is 6.33. The number of guanidine groups is 1. The topological polar surface area (TPSA) is 144 Å². The fraction of sp³-hybridized carbons (Fsp3) is 0.238. The van der Waals surface area contributed by atoms with Crippen molar-refractivity contribution in [2.45, 2.75) is 29.6 Å². The lowest BCUT2D eigenvalue weighted by atomic mass is 10.2. The third-order valence-electron chi connectivity index (χ3n) is 4.12. The molecular formula is C21H24N4O6S. The van der Waals surface area contributed by atoms with E-state index in [1.165, 1.54) is 18.2 Å². The highest BCUT2D eigenvalue weighted by Crippen LogP contribution is 2.32. The van der Waals surface area contributed by atoms with Crippen LogP contribution >= 0.6 is 0 Å². The van der Waals surface area contributed by atoms with Crippen molar-refractivity contribution in [1.82, 2.24) is 5.32 Å². The number of amides is 3. The van der Waals surface area contributed by atoms with Gasteiger partial charge in [0, 0.05) is 23.7 Å². The first-order valence-corrected chi connectivity index (χ1v) is 10.7. The Morgan fingerprint density at radius 1 is 1.06 bits per heavy atom. The van der Waals surface area contributed by atoms with Crippen LogP contribution in [0.25, 0.3) is 0 Å². The van der Waals surface area contributed by atoms with Gasteiger partial charge in [-0.2, -0.15) is 0 Å². The zero-order chi connectivity index (χ0) is 23.7. The molecule has 2 rings (SSSR count). The lowest BCUT2D eigenvalue weighted by Crippen LogP contribution is -2.47. The van der Waals surface area contributed by atoms with Crippen LogP contribution in [0.15, 0.2) is 58.3 Å². The summed E-state index contributed by atoms with van der Waals surface area (Å²) in [5, 5.41) is 12.9. The molecule has 10 nitrogen and oxygen atoms in total. The van der Waals surface area contributed by atoms with Crippen LogP contribution in [-0.4, -0.2) is 42.8 Å². The highest BCUT2D eigenvalue weighted by molar-refractivity contribution is 7.91. The molecule has 0 fully saturated rings. The predicted octanol–water partition coefficient (Wildman–Crippen LogP) is 3.46. The monoisotopic (exact) mass is 460 g/mol. The molecule has 0 saturated heterocycles. The van der Waals surface area contributed by atoms with Crippen molar-refractivity contribution in [2.75, 3.05) is 24.4 Å². The van der Waals surface area contributed by atoms with Crippen LogP contribution in [0.3, 0.4) is 0 Å². The maximum Gasteiger partial charge on any atom is 0.421 e. The molecule has 0 radical (unpaired) electrons. The van der Waals surface area contributed by atoms with Gasteiger partial charge in [0.25, 0.3) is 0 Å². The lowest BCUT2D eigenvalue weighted by Gasteiger charge is -2.24. The zero-order valence-electron chi connectivity index (χ0n) is 17.8. The number of alkyl carbamates (subject to hydrolysis) is 1. The Labute approximate surface area is 188 Å². The first kappa shape index (κ1) is 24.7. The minimum atomic E-state index is -1.56. The van der Waals surface area contributed by atoms with Crippen molar-refractivity contribution < 1.29 is 28.4 Å². The van der Waals surface area contributed by atoms with E-state index in [0.717, 1.165) is 19.1 Å². The smallest absolute Gasteiger partial charge is 0.421 e. The Balaban J connectivity index is 2.54. The number of carbonyl (C=O) groups is 3. The van der Waals surface area contributed by atoms with Crippen molar-refractivity contribution in [3.05, 3.63) is 48.5 Å². The Hall–Kier alpha value is -3.57. The molecule has 0 aliphatic rings. The maximum atomic E-state index is 13.0. The SMILES string of the molecule is CCCC(=O)Nc1cc([S+]([O-])c2ccccc2)ccc1N(C(=N)NC(=O)OC)C(=O)OC. The number of rotatable bonds is 6. The molecule has 0 spiro atoms. The number of benzene rings is 2. The first-order chi connectivity index (χ1) is 15.3. The Bertz CT molecular complexity index is 986. The predicted molar refractivity (Wildman–Crippen MR) is 119 cm³/mol. The molecule has 0 saturated carbocycles. The largest absolute Gasteiger partial charge is 0.606 e. The Morgan fingerprint density at radius 3 is 2.34 bits per heavy atom. The van der Waals surface area contributed by atoms with Crippen LogP contribution in [-0.2, 0) is 25.4 Å². The summed E-state index contributed by atoms with van der Waals surface area (Å²) in [4.78, 5) is 37.9. The molecule has 2 aromatic carbocycles. The van der Waals surface area contributed by atoms with Gasteiger partial charge in [-0.25, -0.2) is 14.5 Å². The van der Waals surface area contributed by atoms with E-state index in [4.69, 9.17) is 10.1 Å². The Kier molecular flexibility index (Phi) is 9.05. The molecule has 0 aliphatic carbocycles. The molecule has 0 aliphatic heterocycles. The summed E-state index contributed by atoms with van der Waals surface area (Å²) in [5.41, 5.74) is 0.156. The molecule has 11 heteroatoms. The molecule has 1 unspecified atom stereocenters. The van der Waals surface area contributed by atoms with Gasteiger partial charge >= 0.3 is 12.2 Å². The number of carbonyl (C=O) groups excluding carboxylic acids is 3. The molecule has 3 N–H and O–H groups in total. The van der Waals surface area contributed by atoms with Gasteiger partial charge in [-0.05, 0) is 30.7 Å². The molecule has 2 aromatic rings. The summed E-state index contributed by atoms with van der Waals surface area (Å²) in [6.45, 7) is 1.83. The van der Waals surface area contributed by atoms with E-state index in [-0.39, 0.29) is 23.7 Å². The highest BCUT2D eigenvalue weighted by Gasteiger charge is 2.28. The number of methoxy groups -OCH3 is 2. The summed E-state index contributed by atoms with van der Waals surface area (Å²) in [6, 6.07) is 13.1. The molecule has 0 aromatic heterocycles. The summed E-state index contributed by atoms with van der Waals surface area (Å²) in [6.07, 6.45) is -1.17. The molecule has 3 amide bonds. The minimum absolute atomic E-state index is 0.0384. The van der Waals surface area contributed by atoms with E-state index in [9.17, 15) is 18.9 Å². The zero-order valence-corrected chi connectivity index (χ0v) is 18.7. The van der Waals surface area contributed by atoms with Gasteiger partial charge in [-0.15, -0.1) is 0 Å². The van der Waals surface area contributed by atoms with Crippen molar-refractivity contribution >= 4 is 46.6 Å². The second kappa shape index (κ2) is 11.7. The third-order valence-corrected chi connectivity index (χ3v) is 5.50. The van der Waals surface area contributed by atoms with Gasteiger partial charge < -0.3 is 19.3 Å². The number of nitrogens with one attached hydrogen (secondary N) is 3. The fourth-order valence-electron chi connectivity index (χ4n) is 2.65. The van der Waals surface area contributed by atoms with Gasteiger partial charge in [0.2, 0.25) is 11.9 Å². The lowest BCUT2D eigenvalue weighted by molar-refractivity contribution is -0.116. The standard InChI is InChI=1S/C21H24N4O6S/c1-4-8-18(26)23-16-13-15(32(29)14-9-6-5-7-10-14)11-12-17(16)25(21(28)31-3)19(22)24-20(27)30-2/h5-7,9-13H,4,8H2,1-3H3,(H,23,26)(H2,22,24,27). The van der Waals surface area contributed by atoms with E-state index in [2.05, 4.69) is 15.4 Å². The van der Waals surface area contributed by atoms with Crippen molar-refractivity contribution in [3.8, 4) is 0 Å². The summed E-state index contributed by atoms with van der Waals surface area (Å²) >= 11 is -1.56. The van der Waals surface area contributed by atoms with Gasteiger partial charge in [-0.1, -0.05) is 25.1 Å². The molecular weight excluding hydrogens is 436 g/mol. The van der Waals surface area contributed by atoms with Gasteiger partial charge in [0.05, 0.1) is 25.6 Å². The molecule has 170 valence electrons. The average molecular weight is 461 g/mol. The summed E-state index contributed by atoms with van der Waals surface area (Å²) in [5.74, 6) is -1.000. The van der Waals surface area contributed by atoms with Gasteiger partial charge in [-0.3, -0.25) is 15.5 Å². The number of ether oxygens (including phenoxy) is 2. The van der Waals surface area contributed by atoms with Crippen LogP contribution in [0.5, 0.6) is 0 Å². The van der Waals surface area contributed by atoms with Crippen LogP contribution < -0.4 is 15.5 Å². The normalized spacial score (nSPS) is 11.1. The van der Waals surface area contributed by atoms with Crippen LogP contribution in [0.2, 0.25) is 0 Å². The maximum absolute atomic E-state index is 13.0. The van der Waals surface area contributed by atoms with Crippen LogP contribution in [0.1, 0.15) is 19.8 Å². The first-order valence-electron chi connectivity index (χ1n) is 9.54. The van der Waals surface area contributed by atoms with Crippen LogP contribution in [0.4, 0.5) is 21.0 Å². The van der Waals surface area contributed by atoms with E-state index in [1.807, 2.05) is 6.92 Å². The molecule has 0 heterocycles. The number of hydrogen-bond donors (Lipinski definition) is 3. The highest BCUT2D eigenvalue weighted by atomic mass is 32.2. The van der Waals surface area contributed by atoms with E-state index in [0.29, 0.717) is 16.2 Å². The van der Waals surface area contributed by atoms with Crippen LogP contribution in [0, 0.1) is 5.41 Å². The number of nitrogens with zero attached hydrogens (tertiary/aromatic N) is 1. The molecule has 32 heavy (non-hydrogen) atoms.